The molecular formula is C21H23N3O5. The van der Waals surface area contributed by atoms with Crippen molar-refractivity contribution in [3.63, 3.8) is 0 Å². The molecule has 0 aliphatic heterocycles. The lowest BCUT2D eigenvalue weighted by Gasteiger charge is -2.14. The molecule has 8 nitrogen and oxygen atoms in total. The van der Waals surface area contributed by atoms with Crippen LogP contribution in [0.2, 0.25) is 0 Å². The second-order valence-electron chi connectivity index (χ2n) is 6.27. The van der Waals surface area contributed by atoms with Crippen molar-refractivity contribution in [1.82, 2.24) is 9.97 Å². The van der Waals surface area contributed by atoms with Crippen molar-refractivity contribution < 1.29 is 23.7 Å². The largest absolute Gasteiger partial charge is 0.496 e. The van der Waals surface area contributed by atoms with E-state index < -0.39 is 5.91 Å². The number of rotatable bonds is 7. The van der Waals surface area contributed by atoms with E-state index in [-0.39, 0.29) is 0 Å². The van der Waals surface area contributed by atoms with E-state index in [2.05, 4.69) is 9.97 Å². The van der Waals surface area contributed by atoms with Gasteiger partial charge in [0.2, 0.25) is 11.7 Å². The standard InChI is InChI=1S/C21H23N3O5/c1-11(20(22)25)8-12-9-14-15(10-17(12)27-3)24-21(23-14)13-6-7-16(26-2)19(29-5)18(13)28-4/h6-10H,1-5H3,(H2,22,25)(H,23,24)/b11-8+. The Morgan fingerprint density at radius 1 is 1.00 bits per heavy atom. The lowest BCUT2D eigenvalue weighted by atomic mass is 10.1. The average Bonchev–Trinajstić information content (AvgIpc) is 3.14. The molecule has 0 unspecified atom stereocenters. The number of methoxy groups -OCH3 is 4. The molecule has 1 heterocycles. The second kappa shape index (κ2) is 8.14. The predicted molar refractivity (Wildman–Crippen MR) is 111 cm³/mol. The van der Waals surface area contributed by atoms with Gasteiger partial charge in [0.25, 0.3) is 0 Å². The minimum Gasteiger partial charge on any atom is -0.496 e. The number of aromatic nitrogens is 2. The number of nitrogens with zero attached hydrogens (tertiary/aromatic N) is 1. The molecule has 29 heavy (non-hydrogen) atoms. The Labute approximate surface area is 168 Å². The zero-order valence-corrected chi connectivity index (χ0v) is 17.0. The van der Waals surface area contributed by atoms with Gasteiger partial charge in [-0.3, -0.25) is 4.79 Å². The second-order valence-corrected chi connectivity index (χ2v) is 6.27. The first-order valence-electron chi connectivity index (χ1n) is 8.78. The highest BCUT2D eigenvalue weighted by Gasteiger charge is 2.20. The van der Waals surface area contributed by atoms with Gasteiger partial charge in [-0.05, 0) is 31.2 Å². The Bertz CT molecular complexity index is 1100. The van der Waals surface area contributed by atoms with Crippen molar-refractivity contribution in [2.45, 2.75) is 6.92 Å². The molecule has 3 N–H and O–H groups in total. The molecule has 0 spiro atoms. The van der Waals surface area contributed by atoms with Crippen LogP contribution in [0.4, 0.5) is 0 Å². The van der Waals surface area contributed by atoms with Crippen molar-refractivity contribution >= 4 is 23.0 Å². The number of ether oxygens (including phenoxy) is 4. The van der Waals surface area contributed by atoms with Crippen LogP contribution in [0, 0.1) is 0 Å². The van der Waals surface area contributed by atoms with E-state index in [1.165, 1.54) is 0 Å². The summed E-state index contributed by atoms with van der Waals surface area (Å²) in [5.74, 6) is 2.21. The average molecular weight is 397 g/mol. The first-order valence-corrected chi connectivity index (χ1v) is 8.78. The molecule has 0 bridgehead atoms. The number of nitrogens with two attached hydrogens (primary N) is 1. The highest BCUT2D eigenvalue weighted by atomic mass is 16.5. The zero-order chi connectivity index (χ0) is 21.1. The number of benzene rings is 2. The number of hydrogen-bond acceptors (Lipinski definition) is 6. The maximum atomic E-state index is 11.4. The summed E-state index contributed by atoms with van der Waals surface area (Å²) in [6.07, 6.45) is 1.68. The van der Waals surface area contributed by atoms with E-state index in [1.54, 1.807) is 53.6 Å². The summed E-state index contributed by atoms with van der Waals surface area (Å²) in [7, 11) is 6.23. The van der Waals surface area contributed by atoms with E-state index in [0.717, 1.165) is 5.52 Å². The maximum Gasteiger partial charge on any atom is 0.244 e. The fraction of sp³-hybridized carbons (Fsp3) is 0.238. The van der Waals surface area contributed by atoms with Gasteiger partial charge < -0.3 is 29.7 Å². The molecule has 0 aliphatic rings. The summed E-state index contributed by atoms with van der Waals surface area (Å²) >= 11 is 0. The molecule has 3 aromatic rings. The SMILES string of the molecule is COc1cc2nc(-c3ccc(OC)c(OC)c3OC)[nH]c2cc1/C=C(\C)C(N)=O. The van der Waals surface area contributed by atoms with Crippen LogP contribution < -0.4 is 24.7 Å². The Hall–Kier alpha value is -3.68. The summed E-state index contributed by atoms with van der Waals surface area (Å²) < 4.78 is 21.8. The van der Waals surface area contributed by atoms with Gasteiger partial charge in [0.15, 0.2) is 11.5 Å². The van der Waals surface area contributed by atoms with Crippen LogP contribution in [-0.4, -0.2) is 44.3 Å². The number of amides is 1. The third-order valence-corrected chi connectivity index (χ3v) is 4.55. The number of aromatic amines is 1. The number of carbonyl (C=O) groups excluding carboxylic acids is 1. The highest BCUT2D eigenvalue weighted by molar-refractivity contribution is 5.97. The molecule has 0 saturated carbocycles. The Balaban J connectivity index is 2.18. The topological polar surface area (TPSA) is 109 Å². The van der Waals surface area contributed by atoms with Crippen molar-refractivity contribution in [3.05, 3.63) is 35.4 Å². The van der Waals surface area contributed by atoms with E-state index in [1.807, 2.05) is 12.1 Å². The molecule has 8 heteroatoms. The van der Waals surface area contributed by atoms with E-state index >= 15 is 0 Å². The first kappa shape index (κ1) is 20.1. The number of primary amides is 1. The molecule has 0 fully saturated rings. The minimum absolute atomic E-state index is 0.420. The molecule has 1 amide bonds. The van der Waals surface area contributed by atoms with Gasteiger partial charge in [-0.15, -0.1) is 0 Å². The molecule has 0 saturated heterocycles. The highest BCUT2D eigenvalue weighted by Crippen LogP contribution is 2.44. The Kier molecular flexibility index (Phi) is 5.63. The fourth-order valence-corrected chi connectivity index (χ4v) is 3.06. The number of nitrogens with one attached hydrogen (secondary N) is 1. The van der Waals surface area contributed by atoms with E-state index in [4.69, 9.17) is 24.7 Å². The van der Waals surface area contributed by atoms with Gasteiger partial charge in [-0.2, -0.15) is 0 Å². The van der Waals surface area contributed by atoms with Crippen LogP contribution in [0.5, 0.6) is 23.0 Å². The molecule has 0 atom stereocenters. The number of carbonyl (C=O) groups is 1. The van der Waals surface area contributed by atoms with Crippen LogP contribution in [0.15, 0.2) is 29.8 Å². The molecule has 3 rings (SSSR count). The smallest absolute Gasteiger partial charge is 0.244 e. The maximum absolute atomic E-state index is 11.4. The lowest BCUT2D eigenvalue weighted by Crippen LogP contribution is -2.11. The number of fused-ring (bicyclic) bond motifs is 1. The van der Waals surface area contributed by atoms with Crippen molar-refractivity contribution in [1.29, 1.82) is 0 Å². The van der Waals surface area contributed by atoms with Gasteiger partial charge in [0.05, 0.1) is 45.0 Å². The molecule has 152 valence electrons. The van der Waals surface area contributed by atoms with Gasteiger partial charge in [-0.1, -0.05) is 0 Å². The van der Waals surface area contributed by atoms with Crippen LogP contribution in [0.1, 0.15) is 12.5 Å². The Morgan fingerprint density at radius 2 is 1.69 bits per heavy atom. The third kappa shape index (κ3) is 3.69. The van der Waals surface area contributed by atoms with Crippen LogP contribution >= 0.6 is 0 Å². The molecule has 2 aromatic carbocycles. The van der Waals surface area contributed by atoms with Gasteiger partial charge in [0, 0.05) is 17.2 Å². The predicted octanol–water partition coefficient (Wildman–Crippen LogP) is 3.15. The summed E-state index contributed by atoms with van der Waals surface area (Å²) in [5, 5.41) is 0. The summed E-state index contributed by atoms with van der Waals surface area (Å²) in [5.41, 5.74) is 8.66. The molecule has 0 aliphatic carbocycles. The number of hydrogen-bond donors (Lipinski definition) is 2. The van der Waals surface area contributed by atoms with E-state index in [0.29, 0.717) is 51.0 Å². The van der Waals surface area contributed by atoms with E-state index in [9.17, 15) is 4.79 Å². The normalized spacial score (nSPS) is 11.4. The van der Waals surface area contributed by atoms with Crippen LogP contribution in [-0.2, 0) is 4.79 Å². The molecule has 1 aromatic heterocycles. The van der Waals surface area contributed by atoms with Crippen molar-refractivity contribution in [3.8, 4) is 34.4 Å². The first-order chi connectivity index (χ1) is 13.9. The van der Waals surface area contributed by atoms with Crippen LogP contribution in [0.3, 0.4) is 0 Å². The van der Waals surface area contributed by atoms with Crippen molar-refractivity contribution in [2.75, 3.05) is 28.4 Å². The monoisotopic (exact) mass is 397 g/mol. The quantitative estimate of drug-likeness (QED) is 0.593. The lowest BCUT2D eigenvalue weighted by molar-refractivity contribution is -0.114. The zero-order valence-electron chi connectivity index (χ0n) is 17.0. The third-order valence-electron chi connectivity index (χ3n) is 4.55. The molecule has 0 radical (unpaired) electrons. The van der Waals surface area contributed by atoms with Gasteiger partial charge in [-0.25, -0.2) is 4.98 Å². The van der Waals surface area contributed by atoms with Crippen LogP contribution in [0.25, 0.3) is 28.5 Å². The molecular weight excluding hydrogens is 374 g/mol. The fourth-order valence-electron chi connectivity index (χ4n) is 3.06. The summed E-state index contributed by atoms with van der Waals surface area (Å²) in [4.78, 5) is 19.3. The van der Waals surface area contributed by atoms with Gasteiger partial charge in [0.1, 0.15) is 11.6 Å². The summed E-state index contributed by atoms with van der Waals surface area (Å²) in [6.45, 7) is 1.65. The van der Waals surface area contributed by atoms with Gasteiger partial charge >= 0.3 is 0 Å². The minimum atomic E-state index is -0.493. The Morgan fingerprint density at radius 3 is 2.28 bits per heavy atom. The number of imidazole rings is 1. The van der Waals surface area contributed by atoms with Crippen molar-refractivity contribution in [2.24, 2.45) is 5.73 Å². The summed E-state index contributed by atoms with van der Waals surface area (Å²) in [6, 6.07) is 7.27. The number of H-pyrrole nitrogens is 1.